The summed E-state index contributed by atoms with van der Waals surface area (Å²) in [5.41, 5.74) is -0.403. The van der Waals surface area contributed by atoms with E-state index in [1.807, 2.05) is 0 Å². The van der Waals surface area contributed by atoms with Gasteiger partial charge in [-0.1, -0.05) is 0 Å². The van der Waals surface area contributed by atoms with Gasteiger partial charge in [-0.3, -0.25) is 14.9 Å². The summed E-state index contributed by atoms with van der Waals surface area (Å²) in [4.78, 5) is 21.1. The second-order valence-electron chi connectivity index (χ2n) is 3.58. The summed E-state index contributed by atoms with van der Waals surface area (Å²) in [6, 6.07) is 2.80. The second kappa shape index (κ2) is 5.29. The first-order valence-corrected chi connectivity index (χ1v) is 4.98. The zero-order valence-corrected chi connectivity index (χ0v) is 9.80. The maximum Gasteiger partial charge on any atom is 0.325 e. The van der Waals surface area contributed by atoms with Crippen LogP contribution in [0.1, 0.15) is 24.2 Å². The van der Waals surface area contributed by atoms with Crippen molar-refractivity contribution in [2.24, 2.45) is 0 Å². The molecule has 0 heterocycles. The van der Waals surface area contributed by atoms with Crippen molar-refractivity contribution >= 4 is 12.0 Å². The smallest absolute Gasteiger partial charge is 0.325 e. The van der Waals surface area contributed by atoms with Crippen LogP contribution in [0.5, 0.6) is 11.5 Å². The molecule has 0 radical (unpaired) electrons. The zero-order chi connectivity index (χ0) is 13.0. The number of hydrogen-bond acceptors (Lipinski definition) is 5. The van der Waals surface area contributed by atoms with Gasteiger partial charge in [0.2, 0.25) is 5.75 Å². The van der Waals surface area contributed by atoms with E-state index < -0.39 is 4.92 Å². The molecule has 0 aliphatic rings. The molecule has 0 aliphatic carbocycles. The maximum absolute atomic E-state index is 11.0. The van der Waals surface area contributed by atoms with E-state index in [4.69, 9.17) is 9.47 Å². The molecule has 92 valence electrons. The topological polar surface area (TPSA) is 78.7 Å². The third-order valence-corrected chi connectivity index (χ3v) is 2.01. The summed E-state index contributed by atoms with van der Waals surface area (Å²) in [7, 11) is 1.38. The van der Waals surface area contributed by atoms with Gasteiger partial charge in [-0.15, -0.1) is 0 Å². The molecule has 1 aromatic carbocycles. The average Bonchev–Trinajstić information content (AvgIpc) is 2.27. The van der Waals surface area contributed by atoms with E-state index in [1.54, 1.807) is 13.8 Å². The van der Waals surface area contributed by atoms with Crippen LogP contribution in [0.2, 0.25) is 0 Å². The van der Waals surface area contributed by atoms with Gasteiger partial charge in [0.1, 0.15) is 0 Å². The van der Waals surface area contributed by atoms with Gasteiger partial charge in [-0.2, -0.15) is 0 Å². The van der Waals surface area contributed by atoms with E-state index in [1.165, 1.54) is 19.2 Å². The molecular weight excluding hydrogens is 226 g/mol. The SMILES string of the molecule is COc1ccc(C=O)c([N+](=O)[O-])c1OC(C)C. The highest BCUT2D eigenvalue weighted by molar-refractivity contribution is 5.85. The van der Waals surface area contributed by atoms with E-state index in [0.29, 0.717) is 6.29 Å². The third-order valence-electron chi connectivity index (χ3n) is 2.01. The molecule has 1 aromatic rings. The molecule has 0 aliphatic heterocycles. The molecule has 0 unspecified atom stereocenters. The molecule has 0 atom stereocenters. The number of hydrogen-bond donors (Lipinski definition) is 0. The van der Waals surface area contributed by atoms with Gasteiger partial charge in [-0.25, -0.2) is 0 Å². The molecule has 17 heavy (non-hydrogen) atoms. The van der Waals surface area contributed by atoms with Crippen LogP contribution in [0.4, 0.5) is 5.69 Å². The number of benzene rings is 1. The lowest BCUT2D eigenvalue weighted by Gasteiger charge is -2.14. The second-order valence-corrected chi connectivity index (χ2v) is 3.58. The number of ether oxygens (including phenoxy) is 2. The van der Waals surface area contributed by atoms with Crippen LogP contribution < -0.4 is 9.47 Å². The number of aldehydes is 1. The summed E-state index contributed by atoms with van der Waals surface area (Å²) in [5, 5.41) is 11.0. The summed E-state index contributed by atoms with van der Waals surface area (Å²) < 4.78 is 10.3. The van der Waals surface area contributed by atoms with Gasteiger partial charge in [0, 0.05) is 0 Å². The molecule has 0 amide bonds. The lowest BCUT2D eigenvalue weighted by Crippen LogP contribution is -2.10. The number of nitro groups is 1. The van der Waals surface area contributed by atoms with Crippen LogP contribution >= 0.6 is 0 Å². The third kappa shape index (κ3) is 2.72. The Hall–Kier alpha value is -2.11. The van der Waals surface area contributed by atoms with Gasteiger partial charge in [0.05, 0.1) is 23.7 Å². The number of carbonyl (C=O) groups is 1. The summed E-state index contributed by atoms with van der Waals surface area (Å²) in [5.74, 6) is 0.216. The lowest BCUT2D eigenvalue weighted by molar-refractivity contribution is -0.386. The Morgan fingerprint density at radius 2 is 2.06 bits per heavy atom. The van der Waals surface area contributed by atoms with Crippen molar-refractivity contribution < 1.29 is 19.2 Å². The van der Waals surface area contributed by atoms with Gasteiger partial charge >= 0.3 is 5.69 Å². The quantitative estimate of drug-likeness (QED) is 0.447. The van der Waals surface area contributed by atoms with Crippen LogP contribution in [0.25, 0.3) is 0 Å². The Morgan fingerprint density at radius 3 is 2.47 bits per heavy atom. The Bertz CT molecular complexity index is 442. The maximum atomic E-state index is 11.0. The van der Waals surface area contributed by atoms with Gasteiger partial charge in [0.25, 0.3) is 0 Å². The first-order chi connectivity index (χ1) is 8.01. The molecule has 0 spiro atoms. The minimum Gasteiger partial charge on any atom is -0.493 e. The Labute approximate surface area is 98.3 Å². The molecule has 0 saturated carbocycles. The highest BCUT2D eigenvalue weighted by Crippen LogP contribution is 2.39. The lowest BCUT2D eigenvalue weighted by atomic mass is 10.1. The monoisotopic (exact) mass is 239 g/mol. The molecule has 6 nitrogen and oxygen atoms in total. The highest BCUT2D eigenvalue weighted by atomic mass is 16.6. The van der Waals surface area contributed by atoms with Crippen molar-refractivity contribution in [1.29, 1.82) is 0 Å². The highest BCUT2D eigenvalue weighted by Gasteiger charge is 2.26. The van der Waals surface area contributed by atoms with Crippen molar-refractivity contribution in [2.75, 3.05) is 7.11 Å². The molecule has 0 N–H and O–H groups in total. The van der Waals surface area contributed by atoms with E-state index in [2.05, 4.69) is 0 Å². The van der Waals surface area contributed by atoms with E-state index in [9.17, 15) is 14.9 Å². The van der Waals surface area contributed by atoms with Crippen molar-refractivity contribution in [2.45, 2.75) is 20.0 Å². The Morgan fingerprint density at radius 1 is 1.41 bits per heavy atom. The first-order valence-electron chi connectivity index (χ1n) is 4.98. The van der Waals surface area contributed by atoms with Crippen molar-refractivity contribution in [3.63, 3.8) is 0 Å². The molecule has 0 saturated heterocycles. The number of rotatable bonds is 5. The van der Waals surface area contributed by atoms with Crippen LogP contribution in [-0.4, -0.2) is 24.4 Å². The first kappa shape index (κ1) is 13.0. The predicted molar refractivity (Wildman–Crippen MR) is 60.8 cm³/mol. The van der Waals surface area contributed by atoms with Crippen LogP contribution in [0, 0.1) is 10.1 Å². The molecule has 0 fully saturated rings. The van der Waals surface area contributed by atoms with Gasteiger partial charge in [0.15, 0.2) is 12.0 Å². The molecule has 6 heteroatoms. The van der Waals surface area contributed by atoms with Crippen molar-refractivity contribution in [3.8, 4) is 11.5 Å². The number of nitro benzene ring substituents is 1. The molecule has 0 bridgehead atoms. The number of carbonyl (C=O) groups excluding carboxylic acids is 1. The van der Waals surface area contributed by atoms with Crippen LogP contribution in [0.15, 0.2) is 12.1 Å². The standard InChI is InChI=1S/C11H13NO5/c1-7(2)17-11-9(16-3)5-4-8(6-13)10(11)12(14)15/h4-7H,1-3H3. The normalized spacial score (nSPS) is 10.1. The zero-order valence-electron chi connectivity index (χ0n) is 9.80. The fourth-order valence-electron chi connectivity index (χ4n) is 1.36. The Balaban J connectivity index is 3.46. The minimum absolute atomic E-state index is 0.0166. The summed E-state index contributed by atoms with van der Waals surface area (Å²) >= 11 is 0. The number of methoxy groups -OCH3 is 1. The molecule has 1 rings (SSSR count). The van der Waals surface area contributed by atoms with Crippen molar-refractivity contribution in [1.82, 2.24) is 0 Å². The minimum atomic E-state index is -0.649. The molecular formula is C11H13NO5. The summed E-state index contributed by atoms with van der Waals surface area (Å²) in [6.45, 7) is 3.47. The van der Waals surface area contributed by atoms with Gasteiger partial charge < -0.3 is 9.47 Å². The van der Waals surface area contributed by atoms with Crippen LogP contribution in [0.3, 0.4) is 0 Å². The summed E-state index contributed by atoms with van der Waals surface area (Å²) in [6.07, 6.45) is 0.162. The predicted octanol–water partition coefficient (Wildman–Crippen LogP) is 2.20. The fourth-order valence-corrected chi connectivity index (χ4v) is 1.36. The average molecular weight is 239 g/mol. The largest absolute Gasteiger partial charge is 0.493 e. The van der Waals surface area contributed by atoms with Crippen LogP contribution in [-0.2, 0) is 0 Å². The number of nitrogens with zero attached hydrogens (tertiary/aromatic N) is 1. The van der Waals surface area contributed by atoms with E-state index >= 15 is 0 Å². The van der Waals surface area contributed by atoms with Crippen molar-refractivity contribution in [3.05, 3.63) is 27.8 Å². The van der Waals surface area contributed by atoms with E-state index in [-0.39, 0.29) is 28.9 Å². The Kier molecular flexibility index (Phi) is 4.03. The van der Waals surface area contributed by atoms with Gasteiger partial charge in [-0.05, 0) is 26.0 Å². The molecule has 0 aromatic heterocycles. The fraction of sp³-hybridized carbons (Fsp3) is 0.364. The van der Waals surface area contributed by atoms with E-state index in [0.717, 1.165) is 0 Å².